The zero-order chi connectivity index (χ0) is 26.5. The quantitative estimate of drug-likeness (QED) is 0.466. The first kappa shape index (κ1) is 25.4. The van der Waals surface area contributed by atoms with Gasteiger partial charge in [-0.1, -0.05) is 5.92 Å². The monoisotopic (exact) mass is 541 g/mol. The largest absolute Gasteiger partial charge is 0.357 e. The van der Waals surface area contributed by atoms with Crippen LogP contribution in [-0.4, -0.2) is 96.2 Å². The summed E-state index contributed by atoms with van der Waals surface area (Å²) in [6, 6.07) is 5.73. The Morgan fingerprint density at radius 2 is 1.95 bits per heavy atom. The van der Waals surface area contributed by atoms with Crippen molar-refractivity contribution in [3.8, 4) is 12.3 Å². The first-order valence-corrected chi connectivity index (χ1v) is 13.9. The number of likely N-dealkylation sites (N-methyl/N-ethyl adjacent to an activating group) is 1. The molecule has 0 bridgehead atoms. The standard InChI is InChI=1S/C24H27N7O4S2/c1-5-15-6-7-17-16(10-15)11-21(26-17)37(34,35)30-8-9-31(19(13-30)22(32)25-2)24(33)23-27-18-12-28(3)29(4)14-20(18)36-23/h1,6-7,10-11,19,26H,8-9,12-14H2,2-4H3,(H,25,32). The third-order valence-corrected chi connectivity index (χ3v) is 9.69. The molecule has 1 fully saturated rings. The van der Waals surface area contributed by atoms with Gasteiger partial charge in [0.2, 0.25) is 5.91 Å². The molecule has 2 aliphatic rings. The van der Waals surface area contributed by atoms with Crippen LogP contribution in [0, 0.1) is 12.3 Å². The van der Waals surface area contributed by atoms with Crippen molar-refractivity contribution in [2.45, 2.75) is 24.2 Å². The summed E-state index contributed by atoms with van der Waals surface area (Å²) in [4.78, 5) is 36.3. The summed E-state index contributed by atoms with van der Waals surface area (Å²) in [6.45, 7) is 1.17. The average molecular weight is 542 g/mol. The Labute approximate surface area is 219 Å². The smallest absolute Gasteiger partial charge is 0.283 e. The van der Waals surface area contributed by atoms with Gasteiger partial charge in [0.25, 0.3) is 15.9 Å². The summed E-state index contributed by atoms with van der Waals surface area (Å²) in [5.41, 5.74) is 2.13. The Morgan fingerprint density at radius 3 is 2.68 bits per heavy atom. The van der Waals surface area contributed by atoms with Crippen molar-refractivity contribution in [3.63, 3.8) is 0 Å². The van der Waals surface area contributed by atoms with Gasteiger partial charge < -0.3 is 15.2 Å². The van der Waals surface area contributed by atoms with Gasteiger partial charge in [-0.05, 0) is 24.3 Å². The summed E-state index contributed by atoms with van der Waals surface area (Å²) in [7, 11) is 1.42. The lowest BCUT2D eigenvalue weighted by molar-refractivity contribution is -0.126. The van der Waals surface area contributed by atoms with Gasteiger partial charge in [-0.25, -0.2) is 23.4 Å². The van der Waals surface area contributed by atoms with E-state index in [0.29, 0.717) is 34.6 Å². The number of aromatic amines is 1. The summed E-state index contributed by atoms with van der Waals surface area (Å²) >= 11 is 1.32. The van der Waals surface area contributed by atoms with Crippen molar-refractivity contribution < 1.29 is 18.0 Å². The molecule has 1 atom stereocenters. The summed E-state index contributed by atoms with van der Waals surface area (Å²) < 4.78 is 28.3. The van der Waals surface area contributed by atoms with E-state index in [1.165, 1.54) is 33.7 Å². The van der Waals surface area contributed by atoms with Crippen LogP contribution in [0.15, 0.2) is 29.3 Å². The normalized spacial score (nSPS) is 19.5. The van der Waals surface area contributed by atoms with E-state index in [1.54, 1.807) is 18.2 Å². The number of carbonyl (C=O) groups is 2. The lowest BCUT2D eigenvalue weighted by atomic mass is 10.1. The Morgan fingerprint density at radius 1 is 1.19 bits per heavy atom. The van der Waals surface area contributed by atoms with E-state index in [0.717, 1.165) is 10.6 Å². The maximum atomic E-state index is 13.5. The number of nitrogens with one attached hydrogen (secondary N) is 2. The average Bonchev–Trinajstić information content (AvgIpc) is 3.51. The number of rotatable bonds is 4. The van der Waals surface area contributed by atoms with Gasteiger partial charge in [-0.3, -0.25) is 9.59 Å². The van der Waals surface area contributed by atoms with Crippen molar-refractivity contribution in [1.82, 2.24) is 34.5 Å². The third kappa shape index (κ3) is 4.51. The van der Waals surface area contributed by atoms with Crippen molar-refractivity contribution in [1.29, 1.82) is 0 Å². The van der Waals surface area contributed by atoms with Crippen LogP contribution in [0.2, 0.25) is 0 Å². The highest BCUT2D eigenvalue weighted by molar-refractivity contribution is 7.89. The molecular formula is C24H27N7O4S2. The fourth-order valence-electron chi connectivity index (χ4n) is 4.59. The first-order chi connectivity index (χ1) is 17.6. The summed E-state index contributed by atoms with van der Waals surface area (Å²) in [5, 5.41) is 7.62. The summed E-state index contributed by atoms with van der Waals surface area (Å²) in [6.07, 6.45) is 5.46. The lowest BCUT2D eigenvalue weighted by Gasteiger charge is -2.39. The number of fused-ring (bicyclic) bond motifs is 2. The molecule has 5 rings (SSSR count). The molecule has 37 heavy (non-hydrogen) atoms. The van der Waals surface area contributed by atoms with Crippen LogP contribution in [0.5, 0.6) is 0 Å². The van der Waals surface area contributed by atoms with Crippen LogP contribution in [0.4, 0.5) is 0 Å². The van der Waals surface area contributed by atoms with E-state index < -0.39 is 22.0 Å². The number of hydrogen-bond donors (Lipinski definition) is 2. The van der Waals surface area contributed by atoms with E-state index in [4.69, 9.17) is 6.42 Å². The van der Waals surface area contributed by atoms with Crippen molar-refractivity contribution in [2.75, 3.05) is 40.8 Å². The number of hydrogen-bond acceptors (Lipinski definition) is 8. The Bertz CT molecular complexity index is 1510. The molecule has 11 nitrogen and oxygen atoms in total. The molecule has 2 N–H and O–H groups in total. The second kappa shape index (κ2) is 9.55. The van der Waals surface area contributed by atoms with Crippen LogP contribution >= 0.6 is 11.3 Å². The molecule has 13 heteroatoms. The van der Waals surface area contributed by atoms with Gasteiger partial charge in [-0.2, -0.15) is 4.31 Å². The number of thiazole rings is 1. The van der Waals surface area contributed by atoms with E-state index in [1.807, 2.05) is 24.1 Å². The number of amides is 2. The Kier molecular flexibility index (Phi) is 6.55. The van der Waals surface area contributed by atoms with Crippen molar-refractivity contribution in [3.05, 3.63) is 45.4 Å². The van der Waals surface area contributed by atoms with E-state index in [9.17, 15) is 18.0 Å². The highest BCUT2D eigenvalue weighted by atomic mass is 32.2. The van der Waals surface area contributed by atoms with Gasteiger partial charge in [0.15, 0.2) is 5.01 Å². The molecule has 1 unspecified atom stereocenters. The fourth-order valence-corrected chi connectivity index (χ4v) is 7.12. The minimum absolute atomic E-state index is 0.00735. The minimum Gasteiger partial charge on any atom is -0.357 e. The molecular weight excluding hydrogens is 514 g/mol. The highest BCUT2D eigenvalue weighted by Crippen LogP contribution is 2.29. The van der Waals surface area contributed by atoms with Crippen molar-refractivity contribution >= 4 is 44.1 Å². The molecule has 1 aromatic carbocycles. The molecule has 4 heterocycles. The molecule has 0 radical (unpaired) electrons. The SMILES string of the molecule is C#Cc1ccc2[nH]c(S(=O)(=O)N3CCN(C(=O)c4nc5c(s4)CN(C)N(C)C5)C(C(=O)NC)C3)cc2c1. The maximum absolute atomic E-state index is 13.5. The number of benzene rings is 1. The van der Waals surface area contributed by atoms with Gasteiger partial charge in [0.1, 0.15) is 11.1 Å². The zero-order valence-corrected chi connectivity index (χ0v) is 22.3. The first-order valence-electron chi connectivity index (χ1n) is 11.6. The van der Waals surface area contributed by atoms with Gasteiger partial charge in [0, 0.05) is 68.7 Å². The van der Waals surface area contributed by atoms with Crippen LogP contribution in [0.3, 0.4) is 0 Å². The number of sulfonamides is 1. The molecule has 2 aliphatic heterocycles. The molecule has 2 aromatic heterocycles. The molecule has 0 aliphatic carbocycles. The van der Waals surface area contributed by atoms with E-state index in [2.05, 4.69) is 21.2 Å². The van der Waals surface area contributed by atoms with E-state index >= 15 is 0 Å². The number of H-pyrrole nitrogens is 1. The Hall–Kier alpha value is -3.28. The molecule has 194 valence electrons. The van der Waals surface area contributed by atoms with Crippen LogP contribution in [0.1, 0.15) is 25.9 Å². The second-order valence-corrected chi connectivity index (χ2v) is 12.1. The van der Waals surface area contributed by atoms with E-state index in [-0.39, 0.29) is 30.6 Å². The topological polar surface area (TPSA) is 122 Å². The number of hydrazine groups is 1. The fraction of sp³-hybridized carbons (Fsp3) is 0.375. The number of aromatic nitrogens is 2. The van der Waals surface area contributed by atoms with Crippen molar-refractivity contribution in [2.24, 2.45) is 0 Å². The van der Waals surface area contributed by atoms with Crippen LogP contribution in [0.25, 0.3) is 10.9 Å². The molecule has 0 spiro atoms. The highest BCUT2D eigenvalue weighted by Gasteiger charge is 2.41. The molecule has 0 saturated carbocycles. The number of terminal acetylenes is 1. The molecule has 2 amide bonds. The predicted molar refractivity (Wildman–Crippen MR) is 139 cm³/mol. The maximum Gasteiger partial charge on any atom is 0.283 e. The summed E-state index contributed by atoms with van der Waals surface area (Å²) in [5.74, 6) is 1.73. The van der Waals surface area contributed by atoms with Gasteiger partial charge in [-0.15, -0.1) is 17.8 Å². The zero-order valence-electron chi connectivity index (χ0n) is 20.7. The van der Waals surface area contributed by atoms with Gasteiger partial charge >= 0.3 is 0 Å². The third-order valence-electron chi connectivity index (χ3n) is 6.83. The van der Waals surface area contributed by atoms with Crippen LogP contribution in [-0.2, 0) is 27.9 Å². The number of nitrogens with zero attached hydrogens (tertiary/aromatic N) is 5. The second-order valence-electron chi connectivity index (χ2n) is 9.09. The lowest BCUT2D eigenvalue weighted by Crippen LogP contribution is -2.61. The minimum atomic E-state index is -3.96. The number of carbonyl (C=O) groups excluding carboxylic acids is 2. The predicted octanol–water partition coefficient (Wildman–Crippen LogP) is 0.659. The van der Waals surface area contributed by atoms with Gasteiger partial charge in [0.05, 0.1) is 12.2 Å². The number of piperazine rings is 1. The Balaban J connectivity index is 1.40. The molecule has 3 aromatic rings. The molecule has 1 saturated heterocycles. The van der Waals surface area contributed by atoms with Crippen LogP contribution < -0.4 is 5.32 Å².